The SMILES string of the molecule is CCOc1ccc(/C(O)=C2/C(=O)C(=O)N(Cc3ccc(F)cc3)C2c2ccco2)cc1C. The fourth-order valence-electron chi connectivity index (χ4n) is 3.84. The molecular formula is C25H22FNO5. The average molecular weight is 435 g/mol. The van der Waals surface area contributed by atoms with Crippen molar-refractivity contribution in [3.05, 3.63) is 94.7 Å². The van der Waals surface area contributed by atoms with Crippen LogP contribution in [0.5, 0.6) is 5.75 Å². The number of aliphatic hydroxyl groups is 1. The molecule has 1 fully saturated rings. The molecule has 1 aliphatic rings. The van der Waals surface area contributed by atoms with Crippen LogP contribution in [0.2, 0.25) is 0 Å². The molecular weight excluding hydrogens is 413 g/mol. The van der Waals surface area contributed by atoms with E-state index in [4.69, 9.17) is 9.15 Å². The van der Waals surface area contributed by atoms with E-state index in [0.717, 1.165) is 5.56 Å². The molecule has 1 amide bonds. The van der Waals surface area contributed by atoms with Gasteiger partial charge in [0.05, 0.1) is 18.4 Å². The van der Waals surface area contributed by atoms with Crippen molar-refractivity contribution in [2.75, 3.05) is 6.61 Å². The molecule has 2 aromatic carbocycles. The van der Waals surface area contributed by atoms with Gasteiger partial charge in [0.25, 0.3) is 11.7 Å². The number of carbonyl (C=O) groups is 2. The smallest absolute Gasteiger partial charge is 0.296 e. The number of carbonyl (C=O) groups excluding carboxylic acids is 2. The summed E-state index contributed by atoms with van der Waals surface area (Å²) in [6, 6.07) is 13.1. The highest BCUT2D eigenvalue weighted by Gasteiger charge is 2.47. The van der Waals surface area contributed by atoms with Gasteiger partial charge in [-0.3, -0.25) is 9.59 Å². The fourth-order valence-corrected chi connectivity index (χ4v) is 3.84. The monoisotopic (exact) mass is 435 g/mol. The number of furan rings is 1. The van der Waals surface area contributed by atoms with Crippen molar-refractivity contribution >= 4 is 17.4 Å². The van der Waals surface area contributed by atoms with Crippen LogP contribution in [0.4, 0.5) is 4.39 Å². The van der Waals surface area contributed by atoms with Crippen LogP contribution in [0, 0.1) is 12.7 Å². The molecule has 164 valence electrons. The average Bonchev–Trinajstić information content (AvgIpc) is 3.39. The van der Waals surface area contributed by atoms with Gasteiger partial charge in [0.2, 0.25) is 0 Å². The van der Waals surface area contributed by atoms with Crippen molar-refractivity contribution in [1.82, 2.24) is 4.90 Å². The minimum absolute atomic E-state index is 0.0509. The standard InChI is InChI=1S/C25H22FNO5/c1-3-31-19-11-8-17(13-15(19)2)23(28)21-22(20-5-4-12-32-20)27(25(30)24(21)29)14-16-6-9-18(26)10-7-16/h4-13,22,28H,3,14H2,1-2H3/b23-21-. The Balaban J connectivity index is 1.79. The Bertz CT molecular complexity index is 1180. The van der Waals surface area contributed by atoms with Gasteiger partial charge in [0.1, 0.15) is 29.1 Å². The Kier molecular flexibility index (Phi) is 5.81. The maximum absolute atomic E-state index is 13.3. The molecule has 1 aliphatic heterocycles. The summed E-state index contributed by atoms with van der Waals surface area (Å²) < 4.78 is 24.4. The molecule has 1 saturated heterocycles. The van der Waals surface area contributed by atoms with Crippen molar-refractivity contribution in [2.24, 2.45) is 0 Å². The van der Waals surface area contributed by atoms with E-state index in [1.807, 2.05) is 13.8 Å². The third kappa shape index (κ3) is 3.89. The summed E-state index contributed by atoms with van der Waals surface area (Å²) in [6.45, 7) is 4.26. The van der Waals surface area contributed by atoms with E-state index in [1.165, 1.54) is 23.3 Å². The van der Waals surface area contributed by atoms with Crippen molar-refractivity contribution < 1.29 is 28.2 Å². The number of hydrogen-bond donors (Lipinski definition) is 1. The van der Waals surface area contributed by atoms with Crippen molar-refractivity contribution in [3.8, 4) is 5.75 Å². The third-order valence-corrected chi connectivity index (χ3v) is 5.37. The van der Waals surface area contributed by atoms with Gasteiger partial charge in [-0.15, -0.1) is 0 Å². The Morgan fingerprint density at radius 2 is 1.91 bits per heavy atom. The van der Waals surface area contributed by atoms with E-state index < -0.39 is 23.5 Å². The summed E-state index contributed by atoms with van der Waals surface area (Å²) in [5, 5.41) is 11.1. The highest BCUT2D eigenvalue weighted by Crippen LogP contribution is 2.40. The van der Waals surface area contributed by atoms with E-state index in [9.17, 15) is 19.1 Å². The quantitative estimate of drug-likeness (QED) is 0.343. The Labute approximate surface area is 184 Å². The second-order valence-electron chi connectivity index (χ2n) is 7.48. The number of aliphatic hydroxyl groups excluding tert-OH is 1. The molecule has 2 heterocycles. The van der Waals surface area contributed by atoms with Gasteiger partial charge in [-0.2, -0.15) is 0 Å². The normalized spacial score (nSPS) is 17.7. The molecule has 0 saturated carbocycles. The number of halogens is 1. The van der Waals surface area contributed by atoms with Gasteiger partial charge in [-0.25, -0.2) is 4.39 Å². The van der Waals surface area contributed by atoms with E-state index >= 15 is 0 Å². The van der Waals surface area contributed by atoms with Gasteiger partial charge in [-0.05, 0) is 67.4 Å². The van der Waals surface area contributed by atoms with Crippen LogP contribution < -0.4 is 4.74 Å². The Hall–Kier alpha value is -3.87. The maximum Gasteiger partial charge on any atom is 0.296 e. The lowest BCUT2D eigenvalue weighted by Gasteiger charge is -2.23. The lowest BCUT2D eigenvalue weighted by Crippen LogP contribution is -2.29. The first-order valence-electron chi connectivity index (χ1n) is 10.2. The van der Waals surface area contributed by atoms with E-state index in [1.54, 1.807) is 42.5 Å². The van der Waals surface area contributed by atoms with Crippen LogP contribution in [0.15, 0.2) is 70.9 Å². The van der Waals surface area contributed by atoms with Crippen molar-refractivity contribution in [1.29, 1.82) is 0 Å². The van der Waals surface area contributed by atoms with Crippen LogP contribution in [-0.4, -0.2) is 28.3 Å². The maximum atomic E-state index is 13.3. The molecule has 1 N–H and O–H groups in total. The second-order valence-corrected chi connectivity index (χ2v) is 7.48. The number of Topliss-reactive ketones (excluding diaryl/α,β-unsaturated/α-hetero) is 1. The number of ketones is 1. The van der Waals surface area contributed by atoms with Crippen LogP contribution in [-0.2, 0) is 16.1 Å². The lowest BCUT2D eigenvalue weighted by molar-refractivity contribution is -0.140. The first-order valence-corrected chi connectivity index (χ1v) is 10.2. The summed E-state index contributed by atoms with van der Waals surface area (Å²) in [5.41, 5.74) is 1.76. The molecule has 0 bridgehead atoms. The molecule has 7 heteroatoms. The highest BCUT2D eigenvalue weighted by molar-refractivity contribution is 6.46. The van der Waals surface area contributed by atoms with E-state index in [0.29, 0.717) is 29.2 Å². The summed E-state index contributed by atoms with van der Waals surface area (Å²) in [6.07, 6.45) is 1.44. The Morgan fingerprint density at radius 1 is 1.16 bits per heavy atom. The number of aryl methyl sites for hydroxylation is 1. The molecule has 3 aromatic rings. The highest BCUT2D eigenvalue weighted by atomic mass is 19.1. The molecule has 0 radical (unpaired) electrons. The van der Waals surface area contributed by atoms with Crippen molar-refractivity contribution in [2.45, 2.75) is 26.4 Å². The first-order chi connectivity index (χ1) is 15.4. The molecule has 0 aliphatic carbocycles. The summed E-state index contributed by atoms with van der Waals surface area (Å²) in [7, 11) is 0. The molecule has 6 nitrogen and oxygen atoms in total. The number of benzene rings is 2. The number of hydrogen-bond acceptors (Lipinski definition) is 5. The molecule has 1 unspecified atom stereocenters. The van der Waals surface area contributed by atoms with Gasteiger partial charge in [0.15, 0.2) is 0 Å². The first kappa shape index (κ1) is 21.4. The minimum Gasteiger partial charge on any atom is -0.507 e. The van der Waals surface area contributed by atoms with Crippen LogP contribution in [0.1, 0.15) is 35.4 Å². The number of amides is 1. The molecule has 1 aromatic heterocycles. The number of rotatable bonds is 6. The largest absolute Gasteiger partial charge is 0.507 e. The molecule has 4 rings (SSSR count). The predicted octanol–water partition coefficient (Wildman–Crippen LogP) is 4.75. The Morgan fingerprint density at radius 3 is 2.53 bits per heavy atom. The third-order valence-electron chi connectivity index (χ3n) is 5.37. The second kappa shape index (κ2) is 8.70. The molecule has 1 atom stereocenters. The van der Waals surface area contributed by atoms with Gasteiger partial charge < -0.3 is 19.2 Å². The molecule has 0 spiro atoms. The zero-order valence-electron chi connectivity index (χ0n) is 17.7. The zero-order valence-corrected chi connectivity index (χ0v) is 17.7. The van der Waals surface area contributed by atoms with Crippen LogP contribution >= 0.6 is 0 Å². The summed E-state index contributed by atoms with van der Waals surface area (Å²) >= 11 is 0. The topological polar surface area (TPSA) is 80.0 Å². The number of likely N-dealkylation sites (tertiary alicyclic amines) is 1. The lowest BCUT2D eigenvalue weighted by atomic mass is 9.98. The molecule has 32 heavy (non-hydrogen) atoms. The zero-order chi connectivity index (χ0) is 22.8. The van der Waals surface area contributed by atoms with Gasteiger partial charge in [-0.1, -0.05) is 12.1 Å². The van der Waals surface area contributed by atoms with Crippen LogP contribution in [0.3, 0.4) is 0 Å². The van der Waals surface area contributed by atoms with Crippen LogP contribution in [0.25, 0.3) is 5.76 Å². The van der Waals surface area contributed by atoms with E-state index in [-0.39, 0.29) is 17.9 Å². The van der Waals surface area contributed by atoms with Gasteiger partial charge >= 0.3 is 0 Å². The number of ether oxygens (including phenoxy) is 1. The number of nitrogens with zero attached hydrogens (tertiary/aromatic N) is 1. The minimum atomic E-state index is -0.915. The van der Waals surface area contributed by atoms with Crippen molar-refractivity contribution in [3.63, 3.8) is 0 Å². The van der Waals surface area contributed by atoms with E-state index in [2.05, 4.69) is 0 Å². The van der Waals surface area contributed by atoms with Gasteiger partial charge in [0, 0.05) is 12.1 Å². The fraction of sp³-hybridized carbons (Fsp3) is 0.200. The summed E-state index contributed by atoms with van der Waals surface area (Å²) in [5.74, 6) is -1.25. The summed E-state index contributed by atoms with van der Waals surface area (Å²) in [4.78, 5) is 27.3. The predicted molar refractivity (Wildman–Crippen MR) is 115 cm³/mol.